The van der Waals surface area contributed by atoms with Crippen molar-refractivity contribution in [3.63, 3.8) is 0 Å². The SMILES string of the molecule is C=C(C)C(=O)OC1(C(F)(F)C(O)(CCC)C(F)(F)F)CC2CC1C1CCCC21. The lowest BCUT2D eigenvalue weighted by molar-refractivity contribution is -0.378. The van der Waals surface area contributed by atoms with Gasteiger partial charge in [-0.2, -0.15) is 22.0 Å². The van der Waals surface area contributed by atoms with E-state index in [1.54, 1.807) is 0 Å². The maximum atomic E-state index is 15.8. The fourth-order valence-electron chi connectivity index (χ4n) is 6.07. The van der Waals surface area contributed by atoms with Gasteiger partial charge in [-0.3, -0.25) is 0 Å². The number of ether oxygens (including phenoxy) is 1. The number of hydrogen-bond donors (Lipinski definition) is 1. The third-order valence-corrected chi connectivity index (χ3v) is 7.22. The number of carbonyl (C=O) groups excluding carboxylic acids is 1. The molecule has 3 rings (SSSR count). The van der Waals surface area contributed by atoms with Crippen molar-refractivity contribution in [3.05, 3.63) is 12.2 Å². The maximum absolute atomic E-state index is 15.8. The van der Waals surface area contributed by atoms with Gasteiger partial charge in [0.15, 0.2) is 5.60 Å². The number of halogens is 5. The molecule has 3 nitrogen and oxygen atoms in total. The number of rotatable bonds is 6. The van der Waals surface area contributed by atoms with E-state index in [9.17, 15) is 23.1 Å². The van der Waals surface area contributed by atoms with Crippen LogP contribution in [0, 0.1) is 23.7 Å². The number of esters is 1. The highest BCUT2D eigenvalue weighted by Crippen LogP contribution is 2.69. The van der Waals surface area contributed by atoms with E-state index in [4.69, 9.17) is 4.74 Å². The Hall–Kier alpha value is -1.18. The molecule has 0 aromatic rings. The number of aliphatic hydroxyl groups is 1. The van der Waals surface area contributed by atoms with Crippen LogP contribution in [0.1, 0.15) is 58.8 Å². The second-order valence-electron chi connectivity index (χ2n) is 8.81. The second-order valence-corrected chi connectivity index (χ2v) is 8.81. The van der Waals surface area contributed by atoms with Gasteiger partial charge in [0.2, 0.25) is 5.60 Å². The Kier molecular flexibility index (Phi) is 5.13. The van der Waals surface area contributed by atoms with Crippen LogP contribution in [0.2, 0.25) is 0 Å². The van der Waals surface area contributed by atoms with E-state index >= 15 is 8.78 Å². The van der Waals surface area contributed by atoms with Crippen LogP contribution in [-0.2, 0) is 9.53 Å². The Bertz CT molecular complexity index is 661. The standard InChI is InChI=1S/C20H27F5O3/c1-4-8-18(27,20(23,24)25)19(21,22)17(28-16(26)11(2)3)10-12-9-15(17)14-7-5-6-13(12)14/h12-15,27H,2,4-10H2,1,3H3. The van der Waals surface area contributed by atoms with Crippen LogP contribution < -0.4 is 0 Å². The minimum atomic E-state index is -5.56. The van der Waals surface area contributed by atoms with Crippen LogP contribution in [0.5, 0.6) is 0 Å². The molecule has 0 spiro atoms. The summed E-state index contributed by atoms with van der Waals surface area (Å²) in [5.74, 6) is -6.95. The fraction of sp³-hybridized carbons (Fsp3) is 0.850. The van der Waals surface area contributed by atoms with E-state index in [0.717, 1.165) is 12.8 Å². The van der Waals surface area contributed by atoms with E-state index < -0.39 is 41.6 Å². The van der Waals surface area contributed by atoms with Crippen molar-refractivity contribution in [3.8, 4) is 0 Å². The molecule has 0 heterocycles. The minimum Gasteiger partial charge on any atom is -0.449 e. The van der Waals surface area contributed by atoms with E-state index in [1.165, 1.54) is 13.8 Å². The van der Waals surface area contributed by atoms with Crippen molar-refractivity contribution in [2.75, 3.05) is 0 Å². The molecule has 28 heavy (non-hydrogen) atoms. The van der Waals surface area contributed by atoms with Crippen molar-refractivity contribution >= 4 is 5.97 Å². The van der Waals surface area contributed by atoms with Crippen molar-refractivity contribution in [1.29, 1.82) is 0 Å². The summed E-state index contributed by atoms with van der Waals surface area (Å²) in [6, 6.07) is 0. The first-order valence-corrected chi connectivity index (χ1v) is 9.88. The molecule has 3 saturated carbocycles. The second kappa shape index (κ2) is 6.67. The zero-order valence-corrected chi connectivity index (χ0v) is 16.1. The molecule has 0 aromatic carbocycles. The molecule has 160 valence electrons. The summed E-state index contributed by atoms with van der Waals surface area (Å²) in [5.41, 5.74) is -7.09. The largest absolute Gasteiger partial charge is 0.449 e. The molecular formula is C20H27F5O3. The van der Waals surface area contributed by atoms with E-state index in [2.05, 4.69) is 6.58 Å². The number of alkyl halides is 5. The van der Waals surface area contributed by atoms with Crippen LogP contribution >= 0.6 is 0 Å². The first kappa shape index (κ1) is 21.5. The molecule has 0 saturated heterocycles. The third kappa shape index (κ3) is 2.73. The van der Waals surface area contributed by atoms with Gasteiger partial charge in [0.1, 0.15) is 0 Å². The molecule has 0 radical (unpaired) electrons. The average Bonchev–Trinajstić information content (AvgIpc) is 3.25. The zero-order chi connectivity index (χ0) is 21.1. The lowest BCUT2D eigenvalue weighted by Crippen LogP contribution is -2.71. The third-order valence-electron chi connectivity index (χ3n) is 7.22. The predicted octanol–water partition coefficient (Wildman–Crippen LogP) is 5.03. The van der Waals surface area contributed by atoms with Crippen LogP contribution in [0.25, 0.3) is 0 Å². The summed E-state index contributed by atoms with van der Waals surface area (Å²) in [6.07, 6.45) is -4.76. The molecule has 3 fully saturated rings. The quantitative estimate of drug-likeness (QED) is 0.380. The topological polar surface area (TPSA) is 46.5 Å². The molecule has 8 heteroatoms. The van der Waals surface area contributed by atoms with Crippen LogP contribution in [0.15, 0.2) is 12.2 Å². The smallest absolute Gasteiger partial charge is 0.423 e. The Morgan fingerprint density at radius 1 is 1.21 bits per heavy atom. The molecule has 1 N–H and O–H groups in total. The molecule has 0 amide bonds. The van der Waals surface area contributed by atoms with E-state index in [0.29, 0.717) is 12.8 Å². The molecule has 6 atom stereocenters. The van der Waals surface area contributed by atoms with Gasteiger partial charge in [0, 0.05) is 11.5 Å². The number of carbonyl (C=O) groups is 1. The summed E-state index contributed by atoms with van der Waals surface area (Å²) in [7, 11) is 0. The summed E-state index contributed by atoms with van der Waals surface area (Å²) in [5, 5.41) is 10.3. The van der Waals surface area contributed by atoms with E-state index in [1.807, 2.05) is 0 Å². The van der Waals surface area contributed by atoms with Gasteiger partial charge in [-0.15, -0.1) is 0 Å². The van der Waals surface area contributed by atoms with Crippen molar-refractivity contribution in [1.82, 2.24) is 0 Å². The van der Waals surface area contributed by atoms with Crippen LogP contribution in [0.4, 0.5) is 22.0 Å². The van der Waals surface area contributed by atoms with E-state index in [-0.39, 0.29) is 36.2 Å². The normalized spacial score (nSPS) is 36.9. The summed E-state index contributed by atoms with van der Waals surface area (Å²) >= 11 is 0. The van der Waals surface area contributed by atoms with Gasteiger partial charge in [0.05, 0.1) is 0 Å². The maximum Gasteiger partial charge on any atom is 0.423 e. The van der Waals surface area contributed by atoms with Crippen LogP contribution in [-0.4, -0.2) is 34.4 Å². The minimum absolute atomic E-state index is 0.160. The lowest BCUT2D eigenvalue weighted by Gasteiger charge is -2.51. The van der Waals surface area contributed by atoms with Gasteiger partial charge < -0.3 is 9.84 Å². The molecular weight excluding hydrogens is 383 g/mol. The number of hydrogen-bond acceptors (Lipinski definition) is 3. The average molecular weight is 410 g/mol. The van der Waals surface area contributed by atoms with Gasteiger partial charge in [-0.05, 0) is 56.8 Å². The Balaban J connectivity index is 2.12. The van der Waals surface area contributed by atoms with Crippen molar-refractivity contribution < 1.29 is 36.6 Å². The Morgan fingerprint density at radius 2 is 1.82 bits per heavy atom. The molecule has 3 aliphatic rings. The van der Waals surface area contributed by atoms with Gasteiger partial charge in [0.25, 0.3) is 0 Å². The highest BCUT2D eigenvalue weighted by atomic mass is 19.4. The summed E-state index contributed by atoms with van der Waals surface area (Å²) in [4.78, 5) is 12.2. The molecule has 2 bridgehead atoms. The first-order chi connectivity index (χ1) is 12.8. The fourth-order valence-corrected chi connectivity index (χ4v) is 6.07. The lowest BCUT2D eigenvalue weighted by atomic mass is 9.65. The monoisotopic (exact) mass is 410 g/mol. The zero-order valence-electron chi connectivity index (χ0n) is 16.1. The van der Waals surface area contributed by atoms with Crippen molar-refractivity contribution in [2.45, 2.75) is 82.1 Å². The van der Waals surface area contributed by atoms with Crippen LogP contribution in [0.3, 0.4) is 0 Å². The molecule has 3 aliphatic carbocycles. The first-order valence-electron chi connectivity index (χ1n) is 9.88. The summed E-state index contributed by atoms with van der Waals surface area (Å²) in [6.45, 7) is 5.95. The Labute approximate surface area is 161 Å². The molecule has 0 aromatic heterocycles. The Morgan fingerprint density at radius 3 is 2.36 bits per heavy atom. The van der Waals surface area contributed by atoms with Gasteiger partial charge in [-0.25, -0.2) is 4.79 Å². The predicted molar refractivity (Wildman–Crippen MR) is 91.5 cm³/mol. The number of fused-ring (bicyclic) bond motifs is 5. The van der Waals surface area contributed by atoms with Gasteiger partial charge >= 0.3 is 18.1 Å². The highest BCUT2D eigenvalue weighted by molar-refractivity contribution is 5.87. The van der Waals surface area contributed by atoms with Gasteiger partial charge in [-0.1, -0.05) is 26.3 Å². The molecule has 0 aliphatic heterocycles. The van der Waals surface area contributed by atoms with Crippen molar-refractivity contribution in [2.24, 2.45) is 23.7 Å². The highest BCUT2D eigenvalue weighted by Gasteiger charge is 2.82. The molecule has 6 unspecified atom stereocenters. The summed E-state index contributed by atoms with van der Waals surface area (Å²) < 4.78 is 77.9.